The molecule has 2 amide bonds. The molecule has 6 nitrogen and oxygen atoms in total. The number of benzene rings is 1. The first kappa shape index (κ1) is 12.2. The molecule has 1 aliphatic heterocycles. The molecule has 0 radical (unpaired) electrons. The van der Waals surface area contributed by atoms with Crippen molar-refractivity contribution in [3.63, 3.8) is 0 Å². The molecule has 0 saturated carbocycles. The maximum Gasteiger partial charge on any atom is 0.279 e. The van der Waals surface area contributed by atoms with E-state index in [1.54, 1.807) is 36.4 Å². The van der Waals surface area contributed by atoms with Crippen LogP contribution in [0, 0.1) is 0 Å². The van der Waals surface area contributed by atoms with Gasteiger partial charge in [0.05, 0.1) is 17.1 Å². The summed E-state index contributed by atoms with van der Waals surface area (Å²) >= 11 is 0. The predicted octanol–water partition coefficient (Wildman–Crippen LogP) is 1.26. The normalized spacial score (nSPS) is 13.6. The second kappa shape index (κ2) is 4.65. The van der Waals surface area contributed by atoms with E-state index in [1.807, 2.05) is 0 Å². The molecule has 6 heteroatoms. The van der Waals surface area contributed by atoms with Crippen molar-refractivity contribution in [1.29, 1.82) is 0 Å². The smallest absolute Gasteiger partial charge is 0.279 e. The Morgan fingerprint density at radius 2 is 2.05 bits per heavy atom. The minimum Gasteiger partial charge on any atom is -0.397 e. The number of para-hydroxylation sites is 2. The average Bonchev–Trinajstić information content (AvgIpc) is 2.46. The molecule has 1 aromatic heterocycles. The van der Waals surface area contributed by atoms with E-state index in [-0.39, 0.29) is 24.1 Å². The minimum atomic E-state index is -0.384. The fourth-order valence-electron chi connectivity index (χ4n) is 2.14. The monoisotopic (exact) mass is 268 g/mol. The van der Waals surface area contributed by atoms with E-state index in [1.165, 1.54) is 11.1 Å². The largest absolute Gasteiger partial charge is 0.397 e. The lowest BCUT2D eigenvalue weighted by Gasteiger charge is -2.29. The third-order valence-electron chi connectivity index (χ3n) is 3.06. The van der Waals surface area contributed by atoms with Gasteiger partial charge in [0.25, 0.3) is 5.91 Å². The summed E-state index contributed by atoms with van der Waals surface area (Å²) < 4.78 is 0. The highest BCUT2D eigenvalue weighted by Gasteiger charge is 2.28. The second-order valence-corrected chi connectivity index (χ2v) is 4.40. The average molecular weight is 268 g/mol. The van der Waals surface area contributed by atoms with Crippen molar-refractivity contribution in [2.75, 3.05) is 22.5 Å². The Bertz CT molecular complexity index is 699. The van der Waals surface area contributed by atoms with Crippen LogP contribution in [0.3, 0.4) is 0 Å². The van der Waals surface area contributed by atoms with Gasteiger partial charge in [-0.05, 0) is 24.3 Å². The fourth-order valence-corrected chi connectivity index (χ4v) is 2.14. The number of carbonyl (C=O) groups is 2. The van der Waals surface area contributed by atoms with E-state index in [9.17, 15) is 9.59 Å². The van der Waals surface area contributed by atoms with Gasteiger partial charge in [0.15, 0.2) is 5.69 Å². The number of fused-ring (bicyclic) bond motifs is 1. The molecular weight excluding hydrogens is 256 g/mol. The predicted molar refractivity (Wildman–Crippen MR) is 75.4 cm³/mol. The van der Waals surface area contributed by atoms with Gasteiger partial charge in [-0.3, -0.25) is 14.5 Å². The van der Waals surface area contributed by atoms with Crippen LogP contribution < -0.4 is 16.0 Å². The molecule has 0 spiro atoms. The van der Waals surface area contributed by atoms with E-state index in [4.69, 9.17) is 5.73 Å². The van der Waals surface area contributed by atoms with Gasteiger partial charge in [0.2, 0.25) is 5.91 Å². The topological polar surface area (TPSA) is 88.3 Å². The molecule has 0 atom stereocenters. The van der Waals surface area contributed by atoms with Gasteiger partial charge in [-0.25, -0.2) is 4.98 Å². The van der Waals surface area contributed by atoms with Gasteiger partial charge in [0, 0.05) is 6.20 Å². The van der Waals surface area contributed by atoms with Gasteiger partial charge < -0.3 is 11.1 Å². The zero-order valence-electron chi connectivity index (χ0n) is 10.5. The molecule has 2 aromatic rings. The van der Waals surface area contributed by atoms with E-state index < -0.39 is 0 Å². The number of aromatic nitrogens is 1. The molecule has 100 valence electrons. The third kappa shape index (κ3) is 1.97. The Labute approximate surface area is 115 Å². The number of amides is 2. The number of rotatable bonds is 1. The van der Waals surface area contributed by atoms with E-state index in [0.29, 0.717) is 17.1 Å². The number of carbonyl (C=O) groups excluding carboxylic acids is 2. The summed E-state index contributed by atoms with van der Waals surface area (Å²) in [7, 11) is 0. The van der Waals surface area contributed by atoms with Crippen molar-refractivity contribution in [3.05, 3.63) is 48.3 Å². The summed E-state index contributed by atoms with van der Waals surface area (Å²) in [4.78, 5) is 29.6. The van der Waals surface area contributed by atoms with Crippen LogP contribution in [0.2, 0.25) is 0 Å². The summed E-state index contributed by atoms with van der Waals surface area (Å²) in [6, 6.07) is 10.4. The van der Waals surface area contributed by atoms with Crippen molar-refractivity contribution in [2.45, 2.75) is 0 Å². The maximum atomic E-state index is 12.5. The van der Waals surface area contributed by atoms with Gasteiger partial charge in [-0.2, -0.15) is 0 Å². The molecule has 1 aliphatic rings. The third-order valence-corrected chi connectivity index (χ3v) is 3.06. The van der Waals surface area contributed by atoms with Gasteiger partial charge in [-0.1, -0.05) is 12.1 Å². The number of nitrogens with two attached hydrogens (primary N) is 1. The summed E-state index contributed by atoms with van der Waals surface area (Å²) in [6.45, 7) is -0.0497. The van der Waals surface area contributed by atoms with Crippen LogP contribution in [0.5, 0.6) is 0 Å². The lowest BCUT2D eigenvalue weighted by atomic mass is 10.1. The zero-order valence-corrected chi connectivity index (χ0v) is 10.5. The van der Waals surface area contributed by atoms with Crippen molar-refractivity contribution in [2.24, 2.45) is 0 Å². The van der Waals surface area contributed by atoms with Crippen molar-refractivity contribution in [1.82, 2.24) is 4.98 Å². The number of nitrogens with one attached hydrogen (secondary N) is 1. The molecule has 0 saturated heterocycles. The van der Waals surface area contributed by atoms with Crippen LogP contribution in [0.1, 0.15) is 10.5 Å². The highest BCUT2D eigenvalue weighted by Crippen LogP contribution is 2.30. The highest BCUT2D eigenvalue weighted by molar-refractivity contribution is 6.15. The molecule has 0 fully saturated rings. The van der Waals surface area contributed by atoms with Crippen molar-refractivity contribution in [3.8, 4) is 0 Å². The molecule has 0 aliphatic carbocycles. The number of hydrogen-bond acceptors (Lipinski definition) is 4. The number of anilines is 3. The Morgan fingerprint density at radius 1 is 1.25 bits per heavy atom. The van der Waals surface area contributed by atoms with Crippen LogP contribution in [0.25, 0.3) is 0 Å². The van der Waals surface area contributed by atoms with Crippen LogP contribution >= 0.6 is 0 Å². The van der Waals surface area contributed by atoms with Crippen molar-refractivity contribution < 1.29 is 9.59 Å². The van der Waals surface area contributed by atoms with Gasteiger partial charge in [0.1, 0.15) is 6.54 Å². The fraction of sp³-hybridized carbons (Fsp3) is 0.0714. The van der Waals surface area contributed by atoms with E-state index >= 15 is 0 Å². The standard InChI is InChI=1S/C14H12N4O2/c15-9-4-3-7-16-13(9)14(20)18-8-12(19)17-10-5-1-2-6-11(10)18/h1-7H,8,15H2,(H,17,19). The lowest BCUT2D eigenvalue weighted by Crippen LogP contribution is -2.42. The van der Waals surface area contributed by atoms with E-state index in [0.717, 1.165) is 0 Å². The zero-order chi connectivity index (χ0) is 14.1. The summed E-state index contributed by atoms with van der Waals surface area (Å²) in [5.41, 5.74) is 7.46. The quantitative estimate of drug-likeness (QED) is 0.815. The lowest BCUT2D eigenvalue weighted by molar-refractivity contribution is -0.115. The Morgan fingerprint density at radius 3 is 2.85 bits per heavy atom. The molecule has 0 unspecified atom stereocenters. The number of nitrogen functional groups attached to an aromatic ring is 1. The second-order valence-electron chi connectivity index (χ2n) is 4.40. The Balaban J connectivity index is 2.05. The molecule has 1 aromatic carbocycles. The number of nitrogens with zero attached hydrogens (tertiary/aromatic N) is 2. The SMILES string of the molecule is Nc1cccnc1C(=O)N1CC(=O)Nc2ccccc21. The van der Waals surface area contributed by atoms with Crippen LogP contribution in [-0.2, 0) is 4.79 Å². The Kier molecular flexibility index (Phi) is 2.83. The van der Waals surface area contributed by atoms with Crippen LogP contribution in [0.4, 0.5) is 17.1 Å². The first-order chi connectivity index (χ1) is 9.66. The molecule has 20 heavy (non-hydrogen) atoms. The number of hydrogen-bond donors (Lipinski definition) is 2. The first-order valence-corrected chi connectivity index (χ1v) is 6.08. The van der Waals surface area contributed by atoms with Crippen LogP contribution in [0.15, 0.2) is 42.6 Å². The molecule has 3 N–H and O–H groups in total. The van der Waals surface area contributed by atoms with E-state index in [2.05, 4.69) is 10.3 Å². The van der Waals surface area contributed by atoms with Crippen LogP contribution in [-0.4, -0.2) is 23.3 Å². The molecular formula is C14H12N4O2. The van der Waals surface area contributed by atoms with Gasteiger partial charge >= 0.3 is 0 Å². The Hall–Kier alpha value is -2.89. The number of pyridine rings is 1. The first-order valence-electron chi connectivity index (χ1n) is 6.08. The minimum absolute atomic E-state index is 0.0497. The molecule has 2 heterocycles. The van der Waals surface area contributed by atoms with Gasteiger partial charge in [-0.15, -0.1) is 0 Å². The molecule has 0 bridgehead atoms. The summed E-state index contributed by atoms with van der Waals surface area (Å²) in [5.74, 6) is -0.628. The summed E-state index contributed by atoms with van der Waals surface area (Å²) in [5, 5.41) is 2.73. The maximum absolute atomic E-state index is 12.5. The summed E-state index contributed by atoms with van der Waals surface area (Å²) in [6.07, 6.45) is 1.50. The van der Waals surface area contributed by atoms with Crippen molar-refractivity contribution >= 4 is 28.9 Å². The highest BCUT2D eigenvalue weighted by atomic mass is 16.2. The molecule has 3 rings (SSSR count).